The summed E-state index contributed by atoms with van der Waals surface area (Å²) < 4.78 is 0. The van der Waals surface area contributed by atoms with Crippen molar-refractivity contribution in [1.29, 1.82) is 0 Å². The number of rotatable bonds is 8. The molecule has 0 aromatic carbocycles. The zero-order valence-electron chi connectivity index (χ0n) is 13.7. The Morgan fingerprint density at radius 3 is 2.19 bits per heavy atom. The molecule has 0 aliphatic heterocycles. The number of aliphatic hydroxyl groups excluding tert-OH is 3. The van der Waals surface area contributed by atoms with Crippen molar-refractivity contribution in [1.82, 2.24) is 10.2 Å². The zero-order valence-corrected chi connectivity index (χ0v) is 13.7. The Bertz CT molecular complexity index is 344. The second-order valence-electron chi connectivity index (χ2n) is 7.42. The Labute approximate surface area is 128 Å². The summed E-state index contributed by atoms with van der Waals surface area (Å²) in [5, 5.41) is 31.5. The van der Waals surface area contributed by atoms with Gasteiger partial charge >= 0.3 is 0 Å². The van der Waals surface area contributed by atoms with Gasteiger partial charge in [-0.25, -0.2) is 0 Å². The van der Waals surface area contributed by atoms with E-state index in [2.05, 4.69) is 31.0 Å². The normalized spacial score (nSPS) is 37.6. The molecule has 0 aromatic heterocycles. The van der Waals surface area contributed by atoms with E-state index in [1.54, 1.807) is 0 Å². The molecule has 5 heteroatoms. The zero-order chi connectivity index (χ0) is 15.7. The van der Waals surface area contributed by atoms with E-state index in [1.807, 2.05) is 0 Å². The molecular formula is C16H32N2O3. The van der Waals surface area contributed by atoms with Crippen LogP contribution in [0.1, 0.15) is 33.6 Å². The van der Waals surface area contributed by atoms with Crippen molar-refractivity contribution in [2.24, 2.45) is 16.7 Å². The van der Waals surface area contributed by atoms with E-state index in [4.69, 9.17) is 5.11 Å². The predicted octanol–water partition coefficient (Wildman–Crippen LogP) is 0.0482. The van der Waals surface area contributed by atoms with Gasteiger partial charge in [0.15, 0.2) is 0 Å². The first kappa shape index (κ1) is 17.2. The third-order valence-electron chi connectivity index (χ3n) is 6.46. The molecule has 0 unspecified atom stereocenters. The van der Waals surface area contributed by atoms with Crippen LogP contribution in [-0.2, 0) is 0 Å². The van der Waals surface area contributed by atoms with Crippen molar-refractivity contribution in [2.45, 2.75) is 45.7 Å². The maximum absolute atomic E-state index is 9.39. The minimum absolute atomic E-state index is 0.115. The van der Waals surface area contributed by atoms with Gasteiger partial charge in [-0.05, 0) is 29.6 Å². The average molecular weight is 300 g/mol. The first-order valence-corrected chi connectivity index (χ1v) is 8.24. The highest BCUT2D eigenvalue weighted by molar-refractivity contribution is 5.20. The molecule has 0 spiro atoms. The van der Waals surface area contributed by atoms with Gasteiger partial charge in [-0.15, -0.1) is 0 Å². The van der Waals surface area contributed by atoms with Gasteiger partial charge in [0.05, 0.1) is 19.8 Å². The summed E-state index contributed by atoms with van der Waals surface area (Å²) in [5.41, 5.74) is 0.406. The summed E-state index contributed by atoms with van der Waals surface area (Å²) in [7, 11) is 0. The molecule has 0 aromatic rings. The molecule has 2 saturated carbocycles. The van der Waals surface area contributed by atoms with E-state index in [-0.39, 0.29) is 30.7 Å². The minimum Gasteiger partial charge on any atom is -0.395 e. The fraction of sp³-hybridized carbons (Fsp3) is 1.00. The SMILES string of the molecule is CC1(C)[C@@H]2CC[C@@]1(C)[C@H](N(CCO)CCO)[C@@H]2NCCO. The maximum atomic E-state index is 9.39. The van der Waals surface area contributed by atoms with E-state index >= 15 is 0 Å². The van der Waals surface area contributed by atoms with Crippen molar-refractivity contribution in [2.75, 3.05) is 39.5 Å². The molecule has 21 heavy (non-hydrogen) atoms. The molecule has 0 radical (unpaired) electrons. The predicted molar refractivity (Wildman–Crippen MR) is 83.0 cm³/mol. The summed E-state index contributed by atoms with van der Waals surface area (Å²) in [6, 6.07) is 0.626. The largest absolute Gasteiger partial charge is 0.395 e. The Hall–Kier alpha value is -0.200. The van der Waals surface area contributed by atoms with Crippen LogP contribution >= 0.6 is 0 Å². The highest BCUT2D eigenvalue weighted by Gasteiger charge is 2.66. The van der Waals surface area contributed by atoms with Crippen LogP contribution in [0.5, 0.6) is 0 Å². The standard InChI is InChI=1S/C16H32N2O3/c1-15(2)12-4-5-16(15,3)14(13(12)17-6-9-19)18(7-10-20)8-11-21/h12-14,17,19-21H,4-11H2,1-3H3/t12-,13-,14-,16+/m1/s1. The molecule has 4 N–H and O–H groups in total. The first-order chi connectivity index (χ1) is 9.94. The molecule has 5 nitrogen and oxygen atoms in total. The fourth-order valence-electron chi connectivity index (χ4n) is 5.10. The first-order valence-electron chi connectivity index (χ1n) is 8.24. The van der Waals surface area contributed by atoms with Gasteiger partial charge in [-0.2, -0.15) is 0 Å². The average Bonchev–Trinajstić information content (AvgIpc) is 2.75. The quantitative estimate of drug-likeness (QED) is 0.510. The molecule has 0 heterocycles. The van der Waals surface area contributed by atoms with Crippen LogP contribution in [0.3, 0.4) is 0 Å². The summed E-state index contributed by atoms with van der Waals surface area (Å²) in [4.78, 5) is 2.25. The van der Waals surface area contributed by atoms with Crippen LogP contribution in [0.4, 0.5) is 0 Å². The Morgan fingerprint density at radius 1 is 1.05 bits per heavy atom. The molecule has 2 aliphatic carbocycles. The molecule has 124 valence electrons. The monoisotopic (exact) mass is 300 g/mol. The van der Waals surface area contributed by atoms with Crippen LogP contribution in [0.15, 0.2) is 0 Å². The number of fused-ring (bicyclic) bond motifs is 2. The van der Waals surface area contributed by atoms with E-state index in [9.17, 15) is 10.2 Å². The third-order valence-corrected chi connectivity index (χ3v) is 6.46. The lowest BCUT2D eigenvalue weighted by Gasteiger charge is -2.46. The van der Waals surface area contributed by atoms with Gasteiger partial charge < -0.3 is 20.6 Å². The summed E-state index contributed by atoms with van der Waals surface area (Å²) in [6.45, 7) is 9.25. The lowest BCUT2D eigenvalue weighted by Crippen LogP contribution is -2.58. The second kappa shape index (κ2) is 6.50. The summed E-state index contributed by atoms with van der Waals surface area (Å²) in [6.07, 6.45) is 2.41. The Morgan fingerprint density at radius 2 is 1.67 bits per heavy atom. The number of aliphatic hydroxyl groups is 3. The van der Waals surface area contributed by atoms with Crippen LogP contribution < -0.4 is 5.32 Å². The molecule has 2 aliphatic rings. The van der Waals surface area contributed by atoms with Crippen LogP contribution in [0, 0.1) is 16.7 Å². The van der Waals surface area contributed by atoms with Crippen LogP contribution in [-0.4, -0.2) is 71.8 Å². The topological polar surface area (TPSA) is 76.0 Å². The Kier molecular flexibility index (Phi) is 5.31. The molecular weight excluding hydrogens is 268 g/mol. The van der Waals surface area contributed by atoms with Gasteiger partial charge in [0.2, 0.25) is 0 Å². The lowest BCUT2D eigenvalue weighted by molar-refractivity contribution is 0.0146. The molecule has 2 bridgehead atoms. The van der Waals surface area contributed by atoms with Crippen molar-refractivity contribution in [3.8, 4) is 0 Å². The lowest BCUT2D eigenvalue weighted by atomic mass is 9.68. The molecule has 0 saturated heterocycles. The van der Waals surface area contributed by atoms with Gasteiger partial charge in [-0.3, -0.25) is 4.90 Å². The van der Waals surface area contributed by atoms with E-state index in [0.29, 0.717) is 37.6 Å². The van der Waals surface area contributed by atoms with Crippen molar-refractivity contribution >= 4 is 0 Å². The molecule has 4 atom stereocenters. The Balaban J connectivity index is 2.29. The van der Waals surface area contributed by atoms with Gasteiger partial charge in [0.1, 0.15) is 0 Å². The second-order valence-corrected chi connectivity index (χ2v) is 7.42. The molecule has 2 fully saturated rings. The van der Waals surface area contributed by atoms with E-state index in [0.717, 1.165) is 0 Å². The van der Waals surface area contributed by atoms with Gasteiger partial charge in [0.25, 0.3) is 0 Å². The van der Waals surface area contributed by atoms with E-state index in [1.165, 1.54) is 12.8 Å². The minimum atomic E-state index is 0.115. The van der Waals surface area contributed by atoms with Crippen molar-refractivity contribution < 1.29 is 15.3 Å². The van der Waals surface area contributed by atoms with Crippen molar-refractivity contribution in [3.63, 3.8) is 0 Å². The smallest absolute Gasteiger partial charge is 0.0558 e. The van der Waals surface area contributed by atoms with Crippen LogP contribution in [0.2, 0.25) is 0 Å². The number of nitrogens with one attached hydrogen (secondary N) is 1. The summed E-state index contributed by atoms with van der Waals surface area (Å²) in [5.74, 6) is 0.582. The van der Waals surface area contributed by atoms with Crippen molar-refractivity contribution in [3.05, 3.63) is 0 Å². The number of nitrogens with zero attached hydrogens (tertiary/aromatic N) is 1. The molecule has 2 rings (SSSR count). The van der Waals surface area contributed by atoms with Gasteiger partial charge in [0, 0.05) is 31.7 Å². The third kappa shape index (κ3) is 2.63. The van der Waals surface area contributed by atoms with E-state index < -0.39 is 0 Å². The summed E-state index contributed by atoms with van der Waals surface area (Å²) >= 11 is 0. The van der Waals surface area contributed by atoms with Crippen LogP contribution in [0.25, 0.3) is 0 Å². The number of hydrogen-bond donors (Lipinski definition) is 4. The molecule has 0 amide bonds. The highest BCUT2D eigenvalue weighted by atomic mass is 16.3. The maximum Gasteiger partial charge on any atom is 0.0558 e. The highest BCUT2D eigenvalue weighted by Crippen LogP contribution is 2.66. The fourth-order valence-corrected chi connectivity index (χ4v) is 5.10. The van der Waals surface area contributed by atoms with Gasteiger partial charge in [-0.1, -0.05) is 20.8 Å². The number of hydrogen-bond acceptors (Lipinski definition) is 5.